The number of fused-ring (bicyclic) bond motifs is 1. The fraction of sp³-hybridized carbons (Fsp3) is 0.429. The molecule has 0 unspecified atom stereocenters. The molecule has 19 heavy (non-hydrogen) atoms. The minimum absolute atomic E-state index is 0.00915. The van der Waals surface area contributed by atoms with Crippen molar-refractivity contribution in [3.8, 4) is 0 Å². The average molecular weight is 278 g/mol. The summed E-state index contributed by atoms with van der Waals surface area (Å²) < 4.78 is 1.82. The number of rotatable bonds is 4. The van der Waals surface area contributed by atoms with Crippen LogP contribution in [-0.2, 0) is 6.42 Å². The van der Waals surface area contributed by atoms with Crippen molar-refractivity contribution in [1.82, 2.24) is 9.55 Å². The highest BCUT2D eigenvalue weighted by molar-refractivity contribution is 6.35. The molecule has 0 amide bonds. The van der Waals surface area contributed by atoms with Gasteiger partial charge in [-0.05, 0) is 37.9 Å². The van der Waals surface area contributed by atoms with Crippen LogP contribution in [0.25, 0.3) is 10.9 Å². The molecule has 3 rings (SSSR count). The van der Waals surface area contributed by atoms with Gasteiger partial charge in [-0.25, -0.2) is 4.98 Å². The van der Waals surface area contributed by atoms with Crippen LogP contribution in [-0.4, -0.2) is 16.1 Å². The summed E-state index contributed by atoms with van der Waals surface area (Å²) in [5.74, 6) is 0.840. The van der Waals surface area contributed by atoms with Crippen LogP contribution in [0, 0.1) is 0 Å². The minimum atomic E-state index is -0.00915. The molecule has 4 nitrogen and oxygen atoms in total. The molecule has 100 valence electrons. The monoisotopic (exact) mass is 277 g/mol. The lowest BCUT2D eigenvalue weighted by Gasteiger charge is -2.13. The number of aromatic nitrogens is 2. The Kier molecular flexibility index (Phi) is 3.29. The maximum absolute atomic E-state index is 12.6. The van der Waals surface area contributed by atoms with E-state index in [1.165, 1.54) is 0 Å². The van der Waals surface area contributed by atoms with Crippen LogP contribution in [0.15, 0.2) is 23.0 Å². The van der Waals surface area contributed by atoms with Crippen LogP contribution in [0.1, 0.15) is 31.1 Å². The molecule has 0 saturated heterocycles. The smallest absolute Gasteiger partial charge is 0.263 e. The Morgan fingerprint density at radius 2 is 2.21 bits per heavy atom. The molecule has 5 heteroatoms. The molecule has 1 aliphatic rings. The van der Waals surface area contributed by atoms with E-state index in [2.05, 4.69) is 4.98 Å². The predicted molar refractivity (Wildman–Crippen MR) is 76.7 cm³/mol. The first-order valence-electron chi connectivity index (χ1n) is 6.62. The van der Waals surface area contributed by atoms with E-state index in [1.807, 2.05) is 16.7 Å². The highest BCUT2D eigenvalue weighted by Gasteiger charge is 2.28. The van der Waals surface area contributed by atoms with Crippen LogP contribution < -0.4 is 11.3 Å². The summed E-state index contributed by atoms with van der Waals surface area (Å²) >= 11 is 6.14. The van der Waals surface area contributed by atoms with E-state index < -0.39 is 0 Å². The molecule has 0 radical (unpaired) electrons. The first-order valence-corrected chi connectivity index (χ1v) is 7.00. The molecule has 0 spiro atoms. The fourth-order valence-corrected chi connectivity index (χ4v) is 2.64. The van der Waals surface area contributed by atoms with Gasteiger partial charge in [-0.1, -0.05) is 17.7 Å². The van der Waals surface area contributed by atoms with Gasteiger partial charge in [-0.3, -0.25) is 9.36 Å². The molecular weight excluding hydrogens is 262 g/mol. The van der Waals surface area contributed by atoms with Crippen molar-refractivity contribution in [3.05, 3.63) is 39.4 Å². The zero-order chi connectivity index (χ0) is 13.4. The normalized spacial score (nSPS) is 15.1. The zero-order valence-corrected chi connectivity index (χ0v) is 11.4. The first-order chi connectivity index (χ1) is 9.22. The van der Waals surface area contributed by atoms with Gasteiger partial charge < -0.3 is 5.73 Å². The molecule has 1 aromatic heterocycles. The third-order valence-corrected chi connectivity index (χ3v) is 3.78. The van der Waals surface area contributed by atoms with Crippen molar-refractivity contribution in [2.75, 3.05) is 6.54 Å². The van der Waals surface area contributed by atoms with Gasteiger partial charge in [0, 0.05) is 12.5 Å². The second kappa shape index (κ2) is 4.94. The lowest BCUT2D eigenvalue weighted by molar-refractivity contribution is 0.623. The van der Waals surface area contributed by atoms with Crippen LogP contribution >= 0.6 is 11.6 Å². The van der Waals surface area contributed by atoms with Gasteiger partial charge in [0.2, 0.25) is 0 Å². The summed E-state index contributed by atoms with van der Waals surface area (Å²) in [7, 11) is 0. The van der Waals surface area contributed by atoms with Gasteiger partial charge in [0.1, 0.15) is 5.82 Å². The topological polar surface area (TPSA) is 60.9 Å². The molecule has 2 aromatic rings. The van der Waals surface area contributed by atoms with E-state index in [1.54, 1.807) is 6.07 Å². The summed E-state index contributed by atoms with van der Waals surface area (Å²) in [6.07, 6.45) is 3.68. The van der Waals surface area contributed by atoms with Crippen LogP contribution in [0.3, 0.4) is 0 Å². The molecule has 0 aliphatic heterocycles. The summed E-state index contributed by atoms with van der Waals surface area (Å²) in [6.45, 7) is 0.605. The lowest BCUT2D eigenvalue weighted by Crippen LogP contribution is -2.25. The molecule has 0 atom stereocenters. The molecule has 1 fully saturated rings. The van der Waals surface area contributed by atoms with E-state index >= 15 is 0 Å². The second-order valence-corrected chi connectivity index (χ2v) is 5.37. The molecule has 1 aromatic carbocycles. The summed E-state index contributed by atoms with van der Waals surface area (Å²) in [5.41, 5.74) is 6.23. The van der Waals surface area contributed by atoms with Gasteiger partial charge in [0.05, 0.1) is 15.9 Å². The Morgan fingerprint density at radius 1 is 1.42 bits per heavy atom. The Bertz CT molecular complexity index is 676. The van der Waals surface area contributed by atoms with Gasteiger partial charge in [0.25, 0.3) is 5.56 Å². The third-order valence-electron chi connectivity index (χ3n) is 3.47. The Labute approximate surface area is 116 Å². The number of nitrogens with zero attached hydrogens (tertiary/aromatic N) is 2. The minimum Gasteiger partial charge on any atom is -0.330 e. The second-order valence-electron chi connectivity index (χ2n) is 4.96. The van der Waals surface area contributed by atoms with Crippen molar-refractivity contribution in [3.63, 3.8) is 0 Å². The highest BCUT2D eigenvalue weighted by Crippen LogP contribution is 2.35. The molecular formula is C14H16ClN3O. The summed E-state index contributed by atoms with van der Waals surface area (Å²) in [6, 6.07) is 5.70. The maximum atomic E-state index is 12.6. The molecule has 1 aliphatic carbocycles. The van der Waals surface area contributed by atoms with Crippen molar-refractivity contribution in [2.24, 2.45) is 5.73 Å². The quantitative estimate of drug-likeness (QED) is 0.933. The Morgan fingerprint density at radius 3 is 2.89 bits per heavy atom. The van der Waals surface area contributed by atoms with E-state index in [9.17, 15) is 4.79 Å². The zero-order valence-electron chi connectivity index (χ0n) is 10.6. The summed E-state index contributed by atoms with van der Waals surface area (Å²) in [5, 5.41) is 1.02. The number of nitrogens with two attached hydrogens (primary N) is 1. The van der Waals surface area contributed by atoms with E-state index in [-0.39, 0.29) is 5.56 Å². The number of halogens is 1. The SMILES string of the molecule is NCCCc1nc2cccc(Cl)c2c(=O)n1C1CC1. The van der Waals surface area contributed by atoms with Crippen molar-refractivity contribution in [1.29, 1.82) is 0 Å². The van der Waals surface area contributed by atoms with E-state index in [0.29, 0.717) is 28.5 Å². The van der Waals surface area contributed by atoms with Crippen molar-refractivity contribution >= 4 is 22.5 Å². The molecule has 0 bridgehead atoms. The molecule has 1 saturated carbocycles. The van der Waals surface area contributed by atoms with E-state index in [4.69, 9.17) is 17.3 Å². The molecule has 2 N–H and O–H groups in total. The Hall–Kier alpha value is -1.39. The average Bonchev–Trinajstić information content (AvgIpc) is 3.20. The lowest BCUT2D eigenvalue weighted by atomic mass is 10.2. The summed E-state index contributed by atoms with van der Waals surface area (Å²) in [4.78, 5) is 17.2. The van der Waals surface area contributed by atoms with Crippen LogP contribution in [0.5, 0.6) is 0 Å². The number of hydrogen-bond donors (Lipinski definition) is 1. The number of aryl methyl sites for hydroxylation is 1. The van der Waals surface area contributed by atoms with Gasteiger partial charge in [0.15, 0.2) is 0 Å². The number of benzene rings is 1. The third kappa shape index (κ3) is 2.26. The first kappa shape index (κ1) is 12.6. The van der Waals surface area contributed by atoms with Gasteiger partial charge in [-0.15, -0.1) is 0 Å². The fourth-order valence-electron chi connectivity index (χ4n) is 2.39. The van der Waals surface area contributed by atoms with Crippen molar-refractivity contribution in [2.45, 2.75) is 31.7 Å². The van der Waals surface area contributed by atoms with Crippen LogP contribution in [0.2, 0.25) is 5.02 Å². The largest absolute Gasteiger partial charge is 0.330 e. The standard InChI is InChI=1S/C14H16ClN3O/c15-10-3-1-4-11-13(10)14(19)18(9-6-7-9)12(17-11)5-2-8-16/h1,3-4,9H,2,5-8,16H2. The Balaban J connectivity index is 2.24. The highest BCUT2D eigenvalue weighted by atomic mass is 35.5. The predicted octanol–water partition coefficient (Wildman–Crippen LogP) is 2.28. The number of hydrogen-bond acceptors (Lipinski definition) is 3. The van der Waals surface area contributed by atoms with Crippen molar-refractivity contribution < 1.29 is 0 Å². The van der Waals surface area contributed by atoms with Crippen LogP contribution in [0.4, 0.5) is 0 Å². The maximum Gasteiger partial charge on any atom is 0.263 e. The van der Waals surface area contributed by atoms with Gasteiger partial charge >= 0.3 is 0 Å². The molecule has 1 heterocycles. The van der Waals surface area contributed by atoms with E-state index in [0.717, 1.165) is 31.5 Å². The van der Waals surface area contributed by atoms with Gasteiger partial charge in [-0.2, -0.15) is 0 Å².